The van der Waals surface area contributed by atoms with E-state index in [9.17, 15) is 4.79 Å². The Kier molecular flexibility index (Phi) is 5.04. The number of aryl methyl sites for hydroxylation is 3. The highest BCUT2D eigenvalue weighted by Crippen LogP contribution is 2.21. The van der Waals surface area contributed by atoms with Gasteiger partial charge in [-0.25, -0.2) is 9.78 Å². The number of nitrogens with zero attached hydrogens (tertiary/aromatic N) is 2. The van der Waals surface area contributed by atoms with E-state index in [1.165, 1.54) is 5.56 Å². The normalized spacial score (nSPS) is 10.9. The molecule has 0 saturated heterocycles. The van der Waals surface area contributed by atoms with Crippen LogP contribution < -0.4 is 0 Å². The number of hydrogen-bond acceptors (Lipinski definition) is 4. The van der Waals surface area contributed by atoms with Gasteiger partial charge in [0.25, 0.3) is 0 Å². The second-order valence-corrected chi connectivity index (χ2v) is 7.46. The van der Waals surface area contributed by atoms with Gasteiger partial charge in [0.2, 0.25) is 0 Å². The molecule has 0 spiro atoms. The first-order valence-electron chi connectivity index (χ1n) is 8.26. The lowest BCUT2D eigenvalue weighted by molar-refractivity contribution is 0.0475. The van der Waals surface area contributed by atoms with Crippen molar-refractivity contribution in [1.29, 1.82) is 0 Å². The molecule has 0 unspecified atom stereocenters. The van der Waals surface area contributed by atoms with Gasteiger partial charge in [-0.3, -0.25) is 0 Å². The van der Waals surface area contributed by atoms with Crippen LogP contribution in [0.2, 0.25) is 0 Å². The number of carbonyl (C=O) groups excluding carboxylic acids is 1. The minimum Gasteiger partial charge on any atom is -0.456 e. The molecule has 0 bridgehead atoms. The average molecular weight is 354 g/mol. The molecule has 0 radical (unpaired) electrons. The van der Waals surface area contributed by atoms with Crippen LogP contribution in [0.4, 0.5) is 0 Å². The highest BCUT2D eigenvalue weighted by molar-refractivity contribution is 7.11. The van der Waals surface area contributed by atoms with E-state index in [0.717, 1.165) is 33.5 Å². The summed E-state index contributed by atoms with van der Waals surface area (Å²) in [5.74, 6) is -0.280. The summed E-state index contributed by atoms with van der Waals surface area (Å²) in [4.78, 5) is 17.9. The van der Waals surface area contributed by atoms with E-state index in [-0.39, 0.29) is 12.6 Å². The standard InChI is InChI=1S/C20H22N2O2S/c1-13-10-18(15(3)22(13)11-17-8-6-5-7-9-17)20(23)24-12-19-14(2)21-16(4)25-19/h5-10H,11-12H2,1-4H3. The van der Waals surface area contributed by atoms with Crippen LogP contribution in [0.15, 0.2) is 36.4 Å². The molecule has 0 aliphatic rings. The van der Waals surface area contributed by atoms with Gasteiger partial charge in [0.05, 0.1) is 21.1 Å². The van der Waals surface area contributed by atoms with Crippen molar-refractivity contribution in [3.8, 4) is 0 Å². The Bertz CT molecular complexity index is 894. The lowest BCUT2D eigenvalue weighted by Crippen LogP contribution is -2.08. The van der Waals surface area contributed by atoms with Crippen molar-refractivity contribution in [3.63, 3.8) is 0 Å². The van der Waals surface area contributed by atoms with Gasteiger partial charge in [-0.05, 0) is 39.3 Å². The Balaban J connectivity index is 1.75. The molecule has 0 atom stereocenters. The molecule has 3 rings (SSSR count). The maximum atomic E-state index is 12.5. The number of ether oxygens (including phenoxy) is 1. The second kappa shape index (κ2) is 7.23. The fourth-order valence-corrected chi connectivity index (χ4v) is 3.78. The van der Waals surface area contributed by atoms with Crippen LogP contribution in [0, 0.1) is 27.7 Å². The summed E-state index contributed by atoms with van der Waals surface area (Å²) in [5, 5.41) is 0.990. The molecule has 130 valence electrons. The summed E-state index contributed by atoms with van der Waals surface area (Å²) in [7, 11) is 0. The van der Waals surface area contributed by atoms with E-state index >= 15 is 0 Å². The molecule has 0 amide bonds. The fourth-order valence-electron chi connectivity index (χ4n) is 2.93. The Morgan fingerprint density at radius 3 is 2.52 bits per heavy atom. The van der Waals surface area contributed by atoms with E-state index in [1.807, 2.05) is 52.0 Å². The maximum absolute atomic E-state index is 12.5. The molecule has 2 heterocycles. The number of carbonyl (C=O) groups is 1. The van der Waals surface area contributed by atoms with Crippen molar-refractivity contribution in [2.24, 2.45) is 0 Å². The highest BCUT2D eigenvalue weighted by Gasteiger charge is 2.18. The predicted molar refractivity (Wildman–Crippen MR) is 100 cm³/mol. The molecule has 0 saturated carbocycles. The van der Waals surface area contributed by atoms with Crippen molar-refractivity contribution >= 4 is 17.3 Å². The van der Waals surface area contributed by atoms with Crippen LogP contribution in [-0.4, -0.2) is 15.5 Å². The summed E-state index contributed by atoms with van der Waals surface area (Å²) >= 11 is 1.57. The smallest absolute Gasteiger partial charge is 0.340 e. The fraction of sp³-hybridized carbons (Fsp3) is 0.300. The van der Waals surface area contributed by atoms with E-state index < -0.39 is 0 Å². The number of aromatic nitrogens is 2. The molecular weight excluding hydrogens is 332 g/mol. The van der Waals surface area contributed by atoms with Gasteiger partial charge in [-0.1, -0.05) is 30.3 Å². The minimum atomic E-state index is -0.280. The van der Waals surface area contributed by atoms with Gasteiger partial charge in [-0.15, -0.1) is 11.3 Å². The summed E-state index contributed by atoms with van der Waals surface area (Å²) in [6.07, 6.45) is 0. The van der Waals surface area contributed by atoms with Crippen LogP contribution in [0.5, 0.6) is 0 Å². The zero-order chi connectivity index (χ0) is 18.0. The number of hydrogen-bond donors (Lipinski definition) is 0. The second-order valence-electron chi connectivity index (χ2n) is 6.17. The molecule has 0 N–H and O–H groups in total. The van der Waals surface area contributed by atoms with Crippen molar-refractivity contribution in [2.75, 3.05) is 0 Å². The van der Waals surface area contributed by atoms with E-state index in [0.29, 0.717) is 5.56 Å². The third-order valence-corrected chi connectivity index (χ3v) is 5.36. The van der Waals surface area contributed by atoms with Crippen LogP contribution in [-0.2, 0) is 17.9 Å². The Hall–Kier alpha value is -2.40. The highest BCUT2D eigenvalue weighted by atomic mass is 32.1. The van der Waals surface area contributed by atoms with Crippen LogP contribution in [0.3, 0.4) is 0 Å². The Labute approximate surface area is 152 Å². The van der Waals surface area contributed by atoms with Crippen LogP contribution in [0.1, 0.15) is 42.9 Å². The topological polar surface area (TPSA) is 44.1 Å². The lowest BCUT2D eigenvalue weighted by atomic mass is 10.2. The molecule has 0 aliphatic carbocycles. The molecule has 1 aromatic carbocycles. The summed E-state index contributed by atoms with van der Waals surface area (Å²) in [6.45, 7) is 8.91. The van der Waals surface area contributed by atoms with E-state index in [1.54, 1.807) is 11.3 Å². The SMILES string of the molecule is Cc1nc(C)c(COC(=O)c2cc(C)n(Cc3ccccc3)c2C)s1. The first kappa shape index (κ1) is 17.4. The molecule has 0 aliphatic heterocycles. The van der Waals surface area contributed by atoms with Gasteiger partial charge in [-0.2, -0.15) is 0 Å². The van der Waals surface area contributed by atoms with Gasteiger partial charge in [0, 0.05) is 17.9 Å². The monoisotopic (exact) mass is 354 g/mol. The molecule has 4 nitrogen and oxygen atoms in total. The van der Waals surface area contributed by atoms with Gasteiger partial charge in [0.15, 0.2) is 0 Å². The first-order valence-corrected chi connectivity index (χ1v) is 9.08. The Morgan fingerprint density at radius 1 is 1.16 bits per heavy atom. The van der Waals surface area contributed by atoms with Gasteiger partial charge in [0.1, 0.15) is 6.61 Å². The molecule has 0 fully saturated rings. The summed E-state index contributed by atoms with van der Waals surface area (Å²) in [5.41, 5.74) is 4.76. The minimum absolute atomic E-state index is 0.276. The maximum Gasteiger partial charge on any atom is 0.340 e. The van der Waals surface area contributed by atoms with Crippen LogP contribution >= 0.6 is 11.3 Å². The molecule has 5 heteroatoms. The number of benzene rings is 1. The number of thiazole rings is 1. The Morgan fingerprint density at radius 2 is 1.88 bits per heavy atom. The van der Waals surface area contributed by atoms with E-state index in [4.69, 9.17) is 4.74 Å². The van der Waals surface area contributed by atoms with Crippen molar-refractivity contribution in [1.82, 2.24) is 9.55 Å². The predicted octanol–water partition coefficient (Wildman–Crippen LogP) is 4.58. The summed E-state index contributed by atoms with van der Waals surface area (Å²) in [6, 6.07) is 12.1. The first-order chi connectivity index (χ1) is 12.0. The number of rotatable bonds is 5. The average Bonchev–Trinajstić information content (AvgIpc) is 3.06. The summed E-state index contributed by atoms with van der Waals surface area (Å²) < 4.78 is 7.67. The van der Waals surface area contributed by atoms with Crippen molar-refractivity contribution in [2.45, 2.75) is 40.8 Å². The zero-order valence-corrected chi connectivity index (χ0v) is 15.8. The largest absolute Gasteiger partial charge is 0.456 e. The quantitative estimate of drug-likeness (QED) is 0.630. The molecular formula is C20H22N2O2S. The molecule has 25 heavy (non-hydrogen) atoms. The van der Waals surface area contributed by atoms with E-state index in [2.05, 4.69) is 21.7 Å². The third-order valence-electron chi connectivity index (χ3n) is 4.31. The molecule has 2 aromatic heterocycles. The van der Waals surface area contributed by atoms with Gasteiger partial charge >= 0.3 is 5.97 Å². The third kappa shape index (κ3) is 3.82. The zero-order valence-electron chi connectivity index (χ0n) is 15.0. The van der Waals surface area contributed by atoms with Crippen LogP contribution in [0.25, 0.3) is 0 Å². The number of esters is 1. The van der Waals surface area contributed by atoms with Gasteiger partial charge < -0.3 is 9.30 Å². The lowest BCUT2D eigenvalue weighted by Gasteiger charge is -2.10. The van der Waals surface area contributed by atoms with Crippen molar-refractivity contribution in [3.05, 3.63) is 74.5 Å². The van der Waals surface area contributed by atoms with Crippen molar-refractivity contribution < 1.29 is 9.53 Å². The molecule has 3 aromatic rings.